The lowest BCUT2D eigenvalue weighted by molar-refractivity contribution is 0.457. The van der Waals surface area contributed by atoms with Gasteiger partial charge in [-0.15, -0.1) is 0 Å². The SMILES string of the molecule is CC1(C)C(n2c(=S)[nH]c3c(S(C)(=O)=O)cccc32)C1(C)C. The van der Waals surface area contributed by atoms with Crippen molar-refractivity contribution in [3.63, 3.8) is 0 Å². The minimum atomic E-state index is -3.29. The summed E-state index contributed by atoms with van der Waals surface area (Å²) < 4.78 is 26.6. The minimum Gasteiger partial charge on any atom is -0.329 e. The van der Waals surface area contributed by atoms with Crippen molar-refractivity contribution in [1.29, 1.82) is 0 Å². The maximum atomic E-state index is 11.9. The van der Waals surface area contributed by atoms with Crippen molar-refractivity contribution in [3.8, 4) is 0 Å². The lowest BCUT2D eigenvalue weighted by Crippen LogP contribution is -2.01. The van der Waals surface area contributed by atoms with E-state index in [4.69, 9.17) is 12.2 Å². The first kappa shape index (κ1) is 14.8. The van der Waals surface area contributed by atoms with Crippen molar-refractivity contribution in [1.82, 2.24) is 9.55 Å². The number of sulfone groups is 1. The zero-order valence-electron chi connectivity index (χ0n) is 12.9. The number of fused-ring (bicyclic) bond motifs is 1. The monoisotopic (exact) mass is 324 g/mol. The Labute approximate surface area is 130 Å². The molecule has 1 aromatic heterocycles. The van der Waals surface area contributed by atoms with Gasteiger partial charge in [0.05, 0.1) is 15.9 Å². The van der Waals surface area contributed by atoms with Crippen LogP contribution in [0.15, 0.2) is 23.1 Å². The summed E-state index contributed by atoms with van der Waals surface area (Å²) in [6.45, 7) is 8.88. The van der Waals surface area contributed by atoms with Crippen molar-refractivity contribution in [3.05, 3.63) is 23.0 Å². The molecule has 1 N–H and O–H groups in total. The van der Waals surface area contributed by atoms with Crippen LogP contribution in [0.25, 0.3) is 11.0 Å². The normalized spacial score (nSPS) is 20.8. The fraction of sp³-hybridized carbons (Fsp3) is 0.533. The molecule has 6 heteroatoms. The summed E-state index contributed by atoms with van der Waals surface area (Å²) >= 11 is 5.47. The second-order valence-electron chi connectivity index (χ2n) is 7.07. The van der Waals surface area contributed by atoms with Gasteiger partial charge in [-0.1, -0.05) is 33.8 Å². The number of rotatable bonds is 2. The number of nitrogens with zero attached hydrogens (tertiary/aromatic N) is 1. The molecule has 1 aromatic carbocycles. The van der Waals surface area contributed by atoms with Crippen molar-refractivity contribution in [2.45, 2.75) is 38.6 Å². The summed E-state index contributed by atoms with van der Waals surface area (Å²) in [5.41, 5.74) is 1.73. The van der Waals surface area contributed by atoms with Gasteiger partial charge in [0.1, 0.15) is 0 Å². The third-order valence-electron chi connectivity index (χ3n) is 5.32. The fourth-order valence-corrected chi connectivity index (χ4v) is 4.65. The van der Waals surface area contributed by atoms with Crippen LogP contribution in [0.5, 0.6) is 0 Å². The number of aromatic amines is 1. The van der Waals surface area contributed by atoms with Crippen LogP contribution in [0.4, 0.5) is 0 Å². The van der Waals surface area contributed by atoms with Crippen LogP contribution in [0.3, 0.4) is 0 Å². The Morgan fingerprint density at radius 3 is 2.24 bits per heavy atom. The van der Waals surface area contributed by atoms with E-state index in [1.54, 1.807) is 12.1 Å². The van der Waals surface area contributed by atoms with E-state index < -0.39 is 9.84 Å². The van der Waals surface area contributed by atoms with Crippen LogP contribution in [0, 0.1) is 15.6 Å². The molecule has 1 fully saturated rings. The standard InChI is InChI=1S/C15H20N2O2S2/c1-14(2)12(15(14,3)4)17-9-7-6-8-10(21(5,18)19)11(9)16-13(17)20/h6-8,12H,1-5H3,(H,16,20). The summed E-state index contributed by atoms with van der Waals surface area (Å²) in [4.78, 5) is 3.40. The summed E-state index contributed by atoms with van der Waals surface area (Å²) in [5, 5.41) is 0. The van der Waals surface area contributed by atoms with Crippen molar-refractivity contribution < 1.29 is 8.42 Å². The zero-order chi connectivity index (χ0) is 15.8. The minimum absolute atomic E-state index is 0.126. The lowest BCUT2D eigenvalue weighted by Gasteiger charge is -2.07. The molecule has 1 heterocycles. The van der Waals surface area contributed by atoms with E-state index >= 15 is 0 Å². The third kappa shape index (κ3) is 1.85. The average Bonchev–Trinajstić information content (AvgIpc) is 2.62. The number of imidazole rings is 1. The van der Waals surface area contributed by atoms with Gasteiger partial charge in [0.25, 0.3) is 0 Å². The quantitative estimate of drug-likeness (QED) is 0.857. The van der Waals surface area contributed by atoms with Crippen molar-refractivity contribution in [2.75, 3.05) is 6.26 Å². The Morgan fingerprint density at radius 1 is 1.19 bits per heavy atom. The van der Waals surface area contributed by atoms with Gasteiger partial charge in [-0.25, -0.2) is 8.42 Å². The van der Waals surface area contributed by atoms with Crippen molar-refractivity contribution in [2.24, 2.45) is 10.8 Å². The summed E-state index contributed by atoms with van der Waals surface area (Å²) in [5.74, 6) is 0. The first-order chi connectivity index (χ1) is 9.49. The molecule has 0 unspecified atom stereocenters. The van der Waals surface area contributed by atoms with Crippen LogP contribution in [-0.2, 0) is 9.84 Å². The molecule has 0 aliphatic heterocycles. The predicted molar refractivity (Wildman–Crippen MR) is 86.8 cm³/mol. The molecule has 114 valence electrons. The van der Waals surface area contributed by atoms with E-state index in [9.17, 15) is 8.42 Å². The highest BCUT2D eigenvalue weighted by atomic mass is 32.2. The largest absolute Gasteiger partial charge is 0.329 e. The van der Waals surface area contributed by atoms with Crippen LogP contribution < -0.4 is 0 Å². The Kier molecular flexibility index (Phi) is 2.80. The third-order valence-corrected chi connectivity index (χ3v) is 6.75. The molecule has 0 saturated heterocycles. The first-order valence-electron chi connectivity index (χ1n) is 6.93. The highest BCUT2D eigenvalue weighted by molar-refractivity contribution is 7.91. The van der Waals surface area contributed by atoms with Gasteiger partial charge in [-0.3, -0.25) is 0 Å². The van der Waals surface area contributed by atoms with E-state index in [0.29, 0.717) is 15.2 Å². The number of nitrogens with one attached hydrogen (secondary N) is 1. The molecule has 1 aliphatic carbocycles. The summed E-state index contributed by atoms with van der Waals surface area (Å²) in [7, 11) is -3.29. The predicted octanol–water partition coefficient (Wildman–Crippen LogP) is 3.71. The van der Waals surface area contributed by atoms with E-state index in [1.807, 2.05) is 6.07 Å². The molecule has 0 spiro atoms. The van der Waals surface area contributed by atoms with Crippen LogP contribution in [-0.4, -0.2) is 24.2 Å². The molecule has 2 aromatic rings. The molecule has 0 bridgehead atoms. The second kappa shape index (κ2) is 3.98. The zero-order valence-corrected chi connectivity index (χ0v) is 14.5. The Morgan fingerprint density at radius 2 is 1.76 bits per heavy atom. The molecule has 3 rings (SSSR count). The van der Waals surface area contributed by atoms with Crippen LogP contribution in [0.1, 0.15) is 33.7 Å². The number of aromatic nitrogens is 2. The molecule has 0 atom stereocenters. The first-order valence-corrected chi connectivity index (χ1v) is 9.23. The van der Waals surface area contributed by atoms with E-state index in [1.165, 1.54) is 6.26 Å². The van der Waals surface area contributed by atoms with Gasteiger partial charge in [-0.05, 0) is 35.2 Å². The van der Waals surface area contributed by atoms with Gasteiger partial charge in [-0.2, -0.15) is 0 Å². The molecule has 21 heavy (non-hydrogen) atoms. The van der Waals surface area contributed by atoms with E-state index in [0.717, 1.165) is 5.52 Å². The maximum absolute atomic E-state index is 11.9. The number of H-pyrrole nitrogens is 1. The highest BCUT2D eigenvalue weighted by Gasteiger charge is 2.66. The van der Waals surface area contributed by atoms with Gasteiger partial charge >= 0.3 is 0 Å². The lowest BCUT2D eigenvalue weighted by atomic mass is 10.0. The van der Waals surface area contributed by atoms with Gasteiger partial charge < -0.3 is 9.55 Å². The van der Waals surface area contributed by atoms with Gasteiger partial charge in [0, 0.05) is 12.3 Å². The average molecular weight is 324 g/mol. The van der Waals surface area contributed by atoms with Crippen LogP contribution >= 0.6 is 12.2 Å². The Hall–Kier alpha value is -1.14. The van der Waals surface area contributed by atoms with Crippen molar-refractivity contribution >= 4 is 33.1 Å². The topological polar surface area (TPSA) is 54.9 Å². The van der Waals surface area contributed by atoms with Crippen LogP contribution in [0.2, 0.25) is 0 Å². The molecule has 1 saturated carbocycles. The Bertz CT molecular complexity index is 887. The molecule has 0 radical (unpaired) electrons. The summed E-state index contributed by atoms with van der Waals surface area (Å²) in [6.07, 6.45) is 1.22. The number of hydrogen-bond acceptors (Lipinski definition) is 3. The van der Waals surface area contributed by atoms with E-state index in [-0.39, 0.29) is 16.9 Å². The summed E-state index contributed by atoms with van der Waals surface area (Å²) in [6, 6.07) is 5.60. The number of benzene rings is 1. The molecule has 1 aliphatic rings. The van der Waals surface area contributed by atoms with Gasteiger partial charge in [0.2, 0.25) is 0 Å². The van der Waals surface area contributed by atoms with Gasteiger partial charge in [0.15, 0.2) is 14.6 Å². The highest BCUT2D eigenvalue weighted by Crippen LogP contribution is 2.71. The molecular weight excluding hydrogens is 304 g/mol. The fourth-order valence-electron chi connectivity index (χ4n) is 3.49. The number of hydrogen-bond donors (Lipinski definition) is 1. The van der Waals surface area contributed by atoms with E-state index in [2.05, 4.69) is 37.2 Å². The molecule has 4 nitrogen and oxygen atoms in total. The maximum Gasteiger partial charge on any atom is 0.178 e. The molecule has 0 amide bonds. The number of para-hydroxylation sites is 1. The molecular formula is C15H20N2O2S2. The smallest absolute Gasteiger partial charge is 0.178 e. The Balaban J connectivity index is 2.34. The second-order valence-corrected chi connectivity index (χ2v) is 9.44.